The zero-order valence-corrected chi connectivity index (χ0v) is 6.82. The molecule has 0 radical (unpaired) electrons. The lowest BCUT2D eigenvalue weighted by atomic mass is 9.84. The highest BCUT2D eigenvalue weighted by molar-refractivity contribution is 5.86. The first-order chi connectivity index (χ1) is 5.68. The summed E-state index contributed by atoms with van der Waals surface area (Å²) in [5, 5.41) is 8.72. The topological polar surface area (TPSA) is 46.5 Å². The molecule has 2 aliphatic heterocycles. The van der Waals surface area contributed by atoms with Gasteiger partial charge in [-0.3, -0.25) is 0 Å². The zero-order valence-electron chi connectivity index (χ0n) is 6.82. The summed E-state index contributed by atoms with van der Waals surface area (Å²) in [6, 6.07) is 0. The van der Waals surface area contributed by atoms with E-state index in [2.05, 4.69) is 6.58 Å². The Morgan fingerprint density at radius 3 is 2.67 bits per heavy atom. The second kappa shape index (κ2) is 2.59. The van der Waals surface area contributed by atoms with Gasteiger partial charge in [0.15, 0.2) is 0 Å². The van der Waals surface area contributed by atoms with E-state index in [4.69, 9.17) is 9.84 Å². The Balaban J connectivity index is 2.07. The Bertz CT molecular complexity index is 234. The van der Waals surface area contributed by atoms with E-state index < -0.39 is 5.97 Å². The van der Waals surface area contributed by atoms with Crippen molar-refractivity contribution in [3.8, 4) is 0 Å². The lowest BCUT2D eigenvalue weighted by molar-refractivity contribution is -0.133. The average molecular weight is 168 g/mol. The molecule has 0 aromatic carbocycles. The van der Waals surface area contributed by atoms with Crippen molar-refractivity contribution in [1.82, 2.24) is 0 Å². The summed E-state index contributed by atoms with van der Waals surface area (Å²) in [6.45, 7) is 3.58. The standard InChI is InChI=1S/C9H12O3/c1-5(9(10)11)7-4-6-2-3-8(7)12-6/h6-8H,1-4H2,(H,10,11). The summed E-state index contributed by atoms with van der Waals surface area (Å²) < 4.78 is 5.53. The number of rotatable bonds is 2. The van der Waals surface area contributed by atoms with E-state index in [0.717, 1.165) is 19.3 Å². The average Bonchev–Trinajstić information content (AvgIpc) is 2.62. The first kappa shape index (κ1) is 7.80. The molecule has 0 spiro atoms. The minimum Gasteiger partial charge on any atom is -0.478 e. The van der Waals surface area contributed by atoms with Crippen LogP contribution in [0.3, 0.4) is 0 Å². The van der Waals surface area contributed by atoms with E-state index in [1.807, 2.05) is 0 Å². The summed E-state index contributed by atoms with van der Waals surface area (Å²) in [6.07, 6.45) is 3.39. The van der Waals surface area contributed by atoms with Gasteiger partial charge in [0.1, 0.15) is 0 Å². The van der Waals surface area contributed by atoms with Crippen molar-refractivity contribution >= 4 is 5.97 Å². The van der Waals surface area contributed by atoms with Crippen LogP contribution in [0.5, 0.6) is 0 Å². The van der Waals surface area contributed by atoms with Crippen LogP contribution in [0.1, 0.15) is 19.3 Å². The molecule has 3 heteroatoms. The molecular weight excluding hydrogens is 156 g/mol. The SMILES string of the molecule is C=C(C(=O)O)C1CC2CCC1O2. The van der Waals surface area contributed by atoms with Gasteiger partial charge in [-0.25, -0.2) is 4.79 Å². The molecule has 12 heavy (non-hydrogen) atoms. The highest BCUT2D eigenvalue weighted by Crippen LogP contribution is 2.41. The molecule has 2 heterocycles. The van der Waals surface area contributed by atoms with Gasteiger partial charge in [-0.1, -0.05) is 6.58 Å². The number of fused-ring (bicyclic) bond motifs is 2. The fourth-order valence-electron chi connectivity index (χ4n) is 2.16. The molecule has 0 aliphatic carbocycles. The summed E-state index contributed by atoms with van der Waals surface area (Å²) in [4.78, 5) is 10.6. The maximum atomic E-state index is 10.6. The Kier molecular flexibility index (Phi) is 1.68. The molecule has 0 amide bonds. The Hall–Kier alpha value is -0.830. The van der Waals surface area contributed by atoms with Crippen LogP contribution in [0.2, 0.25) is 0 Å². The van der Waals surface area contributed by atoms with Crippen molar-refractivity contribution in [2.24, 2.45) is 5.92 Å². The summed E-state index contributed by atoms with van der Waals surface area (Å²) in [5.74, 6) is -0.808. The fourth-order valence-corrected chi connectivity index (χ4v) is 2.16. The predicted octanol–water partition coefficient (Wildman–Crippen LogP) is 1.19. The van der Waals surface area contributed by atoms with E-state index >= 15 is 0 Å². The molecule has 2 bridgehead atoms. The maximum absolute atomic E-state index is 10.6. The van der Waals surface area contributed by atoms with Crippen molar-refractivity contribution in [1.29, 1.82) is 0 Å². The second-order valence-electron chi connectivity index (χ2n) is 3.55. The molecule has 2 aliphatic rings. The highest BCUT2D eigenvalue weighted by Gasteiger charge is 2.43. The monoisotopic (exact) mass is 168 g/mol. The van der Waals surface area contributed by atoms with Gasteiger partial charge in [0, 0.05) is 11.5 Å². The molecule has 3 unspecified atom stereocenters. The Labute approximate surface area is 71.0 Å². The van der Waals surface area contributed by atoms with Crippen molar-refractivity contribution in [3.05, 3.63) is 12.2 Å². The number of hydrogen-bond acceptors (Lipinski definition) is 2. The zero-order chi connectivity index (χ0) is 8.72. The number of aliphatic carboxylic acids is 1. The lowest BCUT2D eigenvalue weighted by Crippen LogP contribution is -2.22. The van der Waals surface area contributed by atoms with Crippen LogP contribution < -0.4 is 0 Å². The van der Waals surface area contributed by atoms with Crippen molar-refractivity contribution in [2.45, 2.75) is 31.5 Å². The number of ether oxygens (including phenoxy) is 1. The third-order valence-corrected chi connectivity index (χ3v) is 2.83. The fraction of sp³-hybridized carbons (Fsp3) is 0.667. The lowest BCUT2D eigenvalue weighted by Gasteiger charge is -2.17. The molecule has 66 valence electrons. The Morgan fingerprint density at radius 2 is 2.25 bits per heavy atom. The van der Waals surface area contributed by atoms with Gasteiger partial charge in [-0.05, 0) is 19.3 Å². The summed E-state index contributed by atoms with van der Waals surface area (Å²) >= 11 is 0. The van der Waals surface area contributed by atoms with E-state index in [1.54, 1.807) is 0 Å². The Morgan fingerprint density at radius 1 is 1.50 bits per heavy atom. The smallest absolute Gasteiger partial charge is 0.331 e. The van der Waals surface area contributed by atoms with Crippen molar-refractivity contribution in [3.63, 3.8) is 0 Å². The number of carboxylic acids is 1. The van der Waals surface area contributed by atoms with Gasteiger partial charge in [-0.2, -0.15) is 0 Å². The number of hydrogen-bond donors (Lipinski definition) is 1. The van der Waals surface area contributed by atoms with E-state index in [-0.39, 0.29) is 12.0 Å². The molecule has 3 nitrogen and oxygen atoms in total. The van der Waals surface area contributed by atoms with E-state index in [0.29, 0.717) is 11.7 Å². The third kappa shape index (κ3) is 1.05. The quantitative estimate of drug-likeness (QED) is 0.630. The second-order valence-corrected chi connectivity index (χ2v) is 3.55. The first-order valence-corrected chi connectivity index (χ1v) is 4.26. The molecule has 0 aromatic rings. The first-order valence-electron chi connectivity index (χ1n) is 4.26. The third-order valence-electron chi connectivity index (χ3n) is 2.83. The van der Waals surface area contributed by atoms with Crippen molar-refractivity contribution < 1.29 is 14.6 Å². The van der Waals surface area contributed by atoms with E-state index in [1.165, 1.54) is 0 Å². The van der Waals surface area contributed by atoms with Crippen LogP contribution in [0.4, 0.5) is 0 Å². The summed E-state index contributed by atoms with van der Waals surface area (Å²) in [5.41, 5.74) is 0.321. The van der Waals surface area contributed by atoms with Gasteiger partial charge < -0.3 is 9.84 Å². The van der Waals surface area contributed by atoms with E-state index in [9.17, 15) is 4.79 Å². The molecule has 2 saturated heterocycles. The number of carbonyl (C=O) groups is 1. The van der Waals surface area contributed by atoms with Crippen LogP contribution in [-0.2, 0) is 9.53 Å². The molecule has 3 atom stereocenters. The molecule has 2 fully saturated rings. The van der Waals surface area contributed by atoms with Gasteiger partial charge in [0.25, 0.3) is 0 Å². The summed E-state index contributed by atoms with van der Waals surface area (Å²) in [7, 11) is 0. The highest BCUT2D eigenvalue weighted by atomic mass is 16.5. The molecule has 1 N–H and O–H groups in total. The normalized spacial score (nSPS) is 38.5. The van der Waals surface area contributed by atoms with Gasteiger partial charge in [0.2, 0.25) is 0 Å². The predicted molar refractivity (Wildman–Crippen MR) is 42.8 cm³/mol. The minimum atomic E-state index is -0.879. The molecule has 0 saturated carbocycles. The minimum absolute atomic E-state index is 0.0706. The van der Waals surface area contributed by atoms with Crippen molar-refractivity contribution in [2.75, 3.05) is 0 Å². The number of carboxylic acid groups (broad SMARTS) is 1. The molecular formula is C9H12O3. The van der Waals surface area contributed by atoms with Crippen LogP contribution in [0.15, 0.2) is 12.2 Å². The van der Waals surface area contributed by atoms with Crippen LogP contribution in [0.25, 0.3) is 0 Å². The van der Waals surface area contributed by atoms with Gasteiger partial charge in [0.05, 0.1) is 12.2 Å². The maximum Gasteiger partial charge on any atom is 0.331 e. The van der Waals surface area contributed by atoms with Gasteiger partial charge in [-0.15, -0.1) is 0 Å². The van der Waals surface area contributed by atoms with Crippen LogP contribution in [0, 0.1) is 5.92 Å². The molecule has 0 aromatic heterocycles. The molecule has 2 rings (SSSR count). The largest absolute Gasteiger partial charge is 0.478 e. The van der Waals surface area contributed by atoms with Crippen LogP contribution >= 0.6 is 0 Å². The van der Waals surface area contributed by atoms with Gasteiger partial charge >= 0.3 is 5.97 Å². The van der Waals surface area contributed by atoms with Crippen LogP contribution in [-0.4, -0.2) is 23.3 Å².